The first kappa shape index (κ1) is 12.0. The van der Waals surface area contributed by atoms with Crippen LogP contribution < -0.4 is 0 Å². The van der Waals surface area contributed by atoms with Gasteiger partial charge in [-0.15, -0.1) is 0 Å². The second-order valence-corrected chi connectivity index (χ2v) is 2.88. The number of nitriles is 2. The molecule has 82 valence electrons. The second kappa shape index (κ2) is 4.63. The van der Waals surface area contributed by atoms with E-state index in [9.17, 15) is 17.6 Å². The van der Waals surface area contributed by atoms with E-state index in [0.717, 1.165) is 0 Å². The molecule has 0 aliphatic heterocycles. The van der Waals surface area contributed by atoms with E-state index in [-0.39, 0.29) is 0 Å². The molecule has 0 bridgehead atoms. The molecule has 0 atom stereocenters. The van der Waals surface area contributed by atoms with Gasteiger partial charge in [0.2, 0.25) is 0 Å². The van der Waals surface area contributed by atoms with E-state index in [0.29, 0.717) is 0 Å². The number of benzene rings is 1. The van der Waals surface area contributed by atoms with Gasteiger partial charge in [-0.3, -0.25) is 0 Å². The van der Waals surface area contributed by atoms with Gasteiger partial charge in [0.05, 0.1) is 25.0 Å². The van der Waals surface area contributed by atoms with Crippen molar-refractivity contribution >= 4 is 0 Å². The van der Waals surface area contributed by atoms with E-state index >= 15 is 0 Å². The Kier molecular flexibility index (Phi) is 3.47. The number of hydrogen-bond donors (Lipinski definition) is 0. The molecule has 1 aromatic rings. The lowest BCUT2D eigenvalue weighted by Gasteiger charge is -2.07. The Hall–Kier alpha value is -2.08. The van der Waals surface area contributed by atoms with E-state index < -0.39 is 47.2 Å². The van der Waals surface area contributed by atoms with Crippen molar-refractivity contribution in [3.05, 3.63) is 34.4 Å². The van der Waals surface area contributed by atoms with Gasteiger partial charge in [-0.1, -0.05) is 0 Å². The third-order valence-electron chi connectivity index (χ3n) is 1.96. The second-order valence-electron chi connectivity index (χ2n) is 2.88. The zero-order chi connectivity index (χ0) is 12.3. The minimum atomic E-state index is -1.86. The van der Waals surface area contributed by atoms with E-state index in [1.807, 2.05) is 0 Å². The van der Waals surface area contributed by atoms with Crippen molar-refractivity contribution < 1.29 is 17.6 Å². The first-order chi connectivity index (χ1) is 7.54. The fourth-order valence-electron chi connectivity index (χ4n) is 1.20. The fraction of sp³-hybridized carbons (Fsp3) is 0.200. The van der Waals surface area contributed by atoms with Crippen LogP contribution in [0.25, 0.3) is 0 Å². The highest BCUT2D eigenvalue weighted by molar-refractivity contribution is 5.33. The molecule has 0 aromatic heterocycles. The molecule has 6 heteroatoms. The van der Waals surface area contributed by atoms with Crippen molar-refractivity contribution in [1.82, 2.24) is 0 Å². The van der Waals surface area contributed by atoms with Crippen LogP contribution in [0.15, 0.2) is 0 Å². The Bertz CT molecular complexity index is 468. The minimum Gasteiger partial charge on any atom is -0.206 e. The van der Waals surface area contributed by atoms with Crippen molar-refractivity contribution in [3.63, 3.8) is 0 Å². The summed E-state index contributed by atoms with van der Waals surface area (Å²) < 4.78 is 52.4. The molecule has 0 unspecified atom stereocenters. The zero-order valence-electron chi connectivity index (χ0n) is 7.82. The maximum Gasteiger partial charge on any atom is 0.195 e. The van der Waals surface area contributed by atoms with Crippen LogP contribution in [0.4, 0.5) is 17.6 Å². The number of rotatable bonds is 2. The zero-order valence-corrected chi connectivity index (χ0v) is 7.82. The lowest BCUT2D eigenvalue weighted by atomic mass is 10.0. The molecule has 0 heterocycles. The maximum absolute atomic E-state index is 13.4. The van der Waals surface area contributed by atoms with Crippen LogP contribution in [0.3, 0.4) is 0 Å². The Balaban J connectivity index is 3.54. The third-order valence-corrected chi connectivity index (χ3v) is 1.96. The Morgan fingerprint density at radius 1 is 0.688 bits per heavy atom. The van der Waals surface area contributed by atoms with E-state index in [2.05, 4.69) is 0 Å². The van der Waals surface area contributed by atoms with E-state index in [1.165, 1.54) is 12.1 Å². The standard InChI is InChI=1S/C10H4F4N2/c11-7-5(1-3-15)8(12)10(14)9(13)6(7)2-4-16/h1-2H2. The third kappa shape index (κ3) is 1.82. The minimum absolute atomic E-state index is 0.729. The van der Waals surface area contributed by atoms with Crippen molar-refractivity contribution in [2.24, 2.45) is 0 Å². The molecule has 2 nitrogen and oxygen atoms in total. The van der Waals surface area contributed by atoms with Gasteiger partial charge in [-0.05, 0) is 0 Å². The summed E-state index contributed by atoms with van der Waals surface area (Å²) in [6, 6.07) is 2.86. The normalized spacial score (nSPS) is 9.62. The van der Waals surface area contributed by atoms with Gasteiger partial charge in [0.15, 0.2) is 17.5 Å². The molecule has 0 amide bonds. The highest BCUT2D eigenvalue weighted by atomic mass is 19.2. The monoisotopic (exact) mass is 228 g/mol. The smallest absolute Gasteiger partial charge is 0.195 e. The van der Waals surface area contributed by atoms with Crippen LogP contribution >= 0.6 is 0 Å². The van der Waals surface area contributed by atoms with Crippen LogP contribution in [0.5, 0.6) is 0 Å². The summed E-state index contributed by atoms with van der Waals surface area (Å²) in [6.45, 7) is 0. The lowest BCUT2D eigenvalue weighted by molar-refractivity contribution is 0.419. The molecule has 0 fully saturated rings. The molecule has 0 N–H and O–H groups in total. The van der Waals surface area contributed by atoms with E-state index in [1.54, 1.807) is 0 Å². The van der Waals surface area contributed by atoms with Gasteiger partial charge in [-0.25, -0.2) is 17.6 Å². The van der Waals surface area contributed by atoms with Crippen LogP contribution in [0.2, 0.25) is 0 Å². The molecule has 0 radical (unpaired) electrons. The van der Waals surface area contributed by atoms with Crippen molar-refractivity contribution in [3.8, 4) is 12.1 Å². The molecule has 0 saturated heterocycles. The van der Waals surface area contributed by atoms with E-state index in [4.69, 9.17) is 10.5 Å². The first-order valence-electron chi connectivity index (χ1n) is 4.12. The largest absolute Gasteiger partial charge is 0.206 e. The quantitative estimate of drug-likeness (QED) is 0.443. The molecule has 16 heavy (non-hydrogen) atoms. The van der Waals surface area contributed by atoms with Gasteiger partial charge in [0, 0.05) is 11.1 Å². The summed E-state index contributed by atoms with van der Waals surface area (Å²) in [5.74, 6) is -6.69. The first-order valence-corrected chi connectivity index (χ1v) is 4.12. The molecule has 0 aliphatic rings. The summed E-state index contributed by atoms with van der Waals surface area (Å²) in [5, 5.41) is 16.6. The predicted molar refractivity (Wildman–Crippen MR) is 44.9 cm³/mol. The Morgan fingerprint density at radius 3 is 1.38 bits per heavy atom. The average molecular weight is 228 g/mol. The van der Waals surface area contributed by atoms with Crippen LogP contribution in [-0.2, 0) is 12.8 Å². The molecule has 1 rings (SSSR count). The fourth-order valence-corrected chi connectivity index (χ4v) is 1.20. The van der Waals surface area contributed by atoms with Crippen molar-refractivity contribution in [2.75, 3.05) is 0 Å². The summed E-state index contributed by atoms with van der Waals surface area (Å²) in [6.07, 6.45) is -1.46. The summed E-state index contributed by atoms with van der Waals surface area (Å²) in [4.78, 5) is 0. The molecular formula is C10H4F4N2. The Labute approximate surface area is 88.3 Å². The average Bonchev–Trinajstić information content (AvgIpc) is 2.28. The Morgan fingerprint density at radius 2 is 1.06 bits per heavy atom. The van der Waals surface area contributed by atoms with Crippen LogP contribution in [-0.4, -0.2) is 0 Å². The molecule has 0 saturated carbocycles. The predicted octanol–water partition coefficient (Wildman–Crippen LogP) is 2.38. The van der Waals surface area contributed by atoms with Gasteiger partial charge in [0.1, 0.15) is 5.82 Å². The van der Waals surface area contributed by atoms with Crippen molar-refractivity contribution in [1.29, 1.82) is 10.5 Å². The van der Waals surface area contributed by atoms with Crippen LogP contribution in [0, 0.1) is 45.9 Å². The summed E-state index contributed by atoms with van der Waals surface area (Å²) in [7, 11) is 0. The number of halogens is 4. The summed E-state index contributed by atoms with van der Waals surface area (Å²) >= 11 is 0. The SMILES string of the molecule is N#CCc1c(F)c(F)c(F)c(CC#N)c1F. The highest BCUT2D eigenvalue weighted by Gasteiger charge is 2.24. The number of nitrogens with zero attached hydrogens (tertiary/aromatic N) is 2. The van der Waals surface area contributed by atoms with Gasteiger partial charge in [-0.2, -0.15) is 10.5 Å². The molecule has 1 aromatic carbocycles. The van der Waals surface area contributed by atoms with Gasteiger partial charge >= 0.3 is 0 Å². The molecule has 0 aliphatic carbocycles. The highest BCUT2D eigenvalue weighted by Crippen LogP contribution is 2.24. The summed E-state index contributed by atoms with van der Waals surface area (Å²) in [5.41, 5.74) is -1.71. The number of hydrogen-bond acceptors (Lipinski definition) is 2. The molecular weight excluding hydrogens is 224 g/mol. The maximum atomic E-state index is 13.4. The topological polar surface area (TPSA) is 47.6 Å². The van der Waals surface area contributed by atoms with Crippen molar-refractivity contribution in [2.45, 2.75) is 12.8 Å². The molecule has 0 spiro atoms. The lowest BCUT2D eigenvalue weighted by Crippen LogP contribution is -2.08. The van der Waals surface area contributed by atoms with Gasteiger partial charge in [0.25, 0.3) is 0 Å². The van der Waals surface area contributed by atoms with Crippen LogP contribution in [0.1, 0.15) is 11.1 Å². The van der Waals surface area contributed by atoms with Gasteiger partial charge < -0.3 is 0 Å².